The molecule has 0 bridgehead atoms. The van der Waals surface area contributed by atoms with Crippen molar-refractivity contribution in [3.8, 4) is 0 Å². The van der Waals surface area contributed by atoms with Crippen LogP contribution in [0.5, 0.6) is 0 Å². The average Bonchev–Trinajstić information content (AvgIpc) is 2.71. The molecule has 0 saturated carbocycles. The van der Waals surface area contributed by atoms with E-state index < -0.39 is 0 Å². The van der Waals surface area contributed by atoms with Crippen LogP contribution >= 0.6 is 0 Å². The lowest BCUT2D eigenvalue weighted by molar-refractivity contribution is -0.137. The highest BCUT2D eigenvalue weighted by Gasteiger charge is 2.34. The van der Waals surface area contributed by atoms with Crippen molar-refractivity contribution in [1.29, 1.82) is 0 Å². The number of likely N-dealkylation sites (tertiary alicyclic amines) is 1. The third-order valence-corrected chi connectivity index (χ3v) is 5.49. The largest absolute Gasteiger partial charge is 0.352 e. The molecule has 0 aliphatic carbocycles. The maximum Gasteiger partial charge on any atom is 0.225 e. The maximum atomic E-state index is 13.3. The van der Waals surface area contributed by atoms with Gasteiger partial charge in [0.2, 0.25) is 11.8 Å². The Morgan fingerprint density at radius 1 is 1.11 bits per heavy atom. The fourth-order valence-corrected chi connectivity index (χ4v) is 3.84. The Bertz CT molecular complexity index is 835. The maximum absolute atomic E-state index is 13.3. The minimum atomic E-state index is -0.316. The lowest BCUT2D eigenvalue weighted by Crippen LogP contribution is -2.46. The molecule has 1 aliphatic heterocycles. The van der Waals surface area contributed by atoms with Crippen LogP contribution in [0.3, 0.4) is 0 Å². The predicted molar refractivity (Wildman–Crippen MR) is 107 cm³/mol. The van der Waals surface area contributed by atoms with Gasteiger partial charge >= 0.3 is 0 Å². The number of halogens is 1. The number of nitrogens with one attached hydrogen (secondary N) is 1. The summed E-state index contributed by atoms with van der Waals surface area (Å²) in [5.74, 6) is -0.671. The number of benzene rings is 2. The highest BCUT2D eigenvalue weighted by molar-refractivity contribution is 5.81. The van der Waals surface area contributed by atoms with E-state index in [-0.39, 0.29) is 36.1 Å². The second-order valence-electron chi connectivity index (χ2n) is 7.40. The van der Waals surface area contributed by atoms with Gasteiger partial charge in [0.25, 0.3) is 0 Å². The first kappa shape index (κ1) is 20.1. The molecule has 1 fully saturated rings. The summed E-state index contributed by atoms with van der Waals surface area (Å²) in [5.41, 5.74) is 3.11. The van der Waals surface area contributed by atoms with Gasteiger partial charge < -0.3 is 10.2 Å². The van der Waals surface area contributed by atoms with Crippen molar-refractivity contribution in [3.63, 3.8) is 0 Å². The third-order valence-electron chi connectivity index (χ3n) is 5.49. The molecule has 1 N–H and O–H groups in total. The monoisotopic (exact) mass is 382 g/mol. The second-order valence-corrected chi connectivity index (χ2v) is 7.40. The molecule has 1 heterocycles. The van der Waals surface area contributed by atoms with Gasteiger partial charge in [-0.25, -0.2) is 4.39 Å². The lowest BCUT2D eigenvalue weighted by Gasteiger charge is -2.39. The minimum absolute atomic E-state index is 0.00988. The zero-order valence-corrected chi connectivity index (χ0v) is 16.5. The van der Waals surface area contributed by atoms with Crippen LogP contribution in [-0.2, 0) is 22.6 Å². The van der Waals surface area contributed by atoms with Crippen LogP contribution in [-0.4, -0.2) is 23.3 Å². The summed E-state index contributed by atoms with van der Waals surface area (Å²) in [6.07, 6.45) is 2.46. The predicted octanol–water partition coefficient (Wildman–Crippen LogP) is 4.00. The molecule has 3 rings (SSSR count). The molecular formula is C23H27FN2O2. The Hall–Kier alpha value is -2.69. The summed E-state index contributed by atoms with van der Waals surface area (Å²) in [6, 6.07) is 14.6. The summed E-state index contributed by atoms with van der Waals surface area (Å²) < 4.78 is 13.3. The molecule has 2 atom stereocenters. The number of amides is 2. The first-order chi connectivity index (χ1) is 13.5. The van der Waals surface area contributed by atoms with Gasteiger partial charge in [-0.1, -0.05) is 43.3 Å². The Morgan fingerprint density at radius 2 is 1.86 bits per heavy atom. The molecule has 5 heteroatoms. The van der Waals surface area contributed by atoms with Gasteiger partial charge in [0.15, 0.2) is 0 Å². The summed E-state index contributed by atoms with van der Waals surface area (Å²) in [4.78, 5) is 26.7. The first-order valence-corrected chi connectivity index (χ1v) is 9.86. The topological polar surface area (TPSA) is 49.4 Å². The molecule has 0 spiro atoms. The third kappa shape index (κ3) is 4.77. The normalized spacial score (nSPS) is 19.3. The van der Waals surface area contributed by atoms with Gasteiger partial charge in [-0.2, -0.15) is 0 Å². The van der Waals surface area contributed by atoms with Crippen molar-refractivity contribution < 1.29 is 14.0 Å². The molecule has 0 unspecified atom stereocenters. The molecule has 1 saturated heterocycles. The first-order valence-electron chi connectivity index (χ1n) is 9.86. The Balaban J connectivity index is 1.64. The SMILES string of the molecule is CCc1ccc([C@H]2CC[C@H](C(=O)NCc3cccc(F)c3)CN2C(C)=O)cc1. The highest BCUT2D eigenvalue weighted by atomic mass is 19.1. The lowest BCUT2D eigenvalue weighted by atomic mass is 9.88. The Kier molecular flexibility index (Phi) is 6.45. The molecule has 1 aliphatic rings. The zero-order valence-electron chi connectivity index (χ0n) is 16.5. The number of carbonyl (C=O) groups excluding carboxylic acids is 2. The summed E-state index contributed by atoms with van der Waals surface area (Å²) in [6.45, 7) is 4.37. The number of hydrogen-bond donors (Lipinski definition) is 1. The van der Waals surface area contributed by atoms with Gasteiger partial charge in [0, 0.05) is 20.0 Å². The van der Waals surface area contributed by atoms with E-state index in [2.05, 4.69) is 36.5 Å². The van der Waals surface area contributed by atoms with E-state index in [4.69, 9.17) is 0 Å². The minimum Gasteiger partial charge on any atom is -0.352 e. The van der Waals surface area contributed by atoms with Crippen LogP contribution in [0.2, 0.25) is 0 Å². The van der Waals surface area contributed by atoms with Crippen LogP contribution in [0.25, 0.3) is 0 Å². The Morgan fingerprint density at radius 3 is 2.50 bits per heavy atom. The summed E-state index contributed by atoms with van der Waals surface area (Å²) in [5, 5.41) is 2.88. The standard InChI is InChI=1S/C23H27FN2O2/c1-3-17-7-9-19(10-8-17)22-12-11-20(15-26(22)16(2)27)23(28)25-14-18-5-4-6-21(24)13-18/h4-10,13,20,22H,3,11-12,14-15H2,1-2H3,(H,25,28)/t20-,22+/m0/s1. The van der Waals surface area contributed by atoms with Crippen LogP contribution < -0.4 is 5.32 Å². The molecule has 0 aromatic heterocycles. The van der Waals surface area contributed by atoms with Crippen LogP contribution in [0.1, 0.15) is 49.4 Å². The highest BCUT2D eigenvalue weighted by Crippen LogP contribution is 2.33. The average molecular weight is 382 g/mol. The number of carbonyl (C=O) groups is 2. The van der Waals surface area contributed by atoms with E-state index in [1.165, 1.54) is 17.7 Å². The van der Waals surface area contributed by atoms with Gasteiger partial charge in [-0.05, 0) is 48.1 Å². The number of hydrogen-bond acceptors (Lipinski definition) is 2. The van der Waals surface area contributed by atoms with Crippen LogP contribution in [0, 0.1) is 11.7 Å². The van der Waals surface area contributed by atoms with E-state index in [0.29, 0.717) is 6.54 Å². The Labute approximate surface area is 165 Å². The van der Waals surface area contributed by atoms with Gasteiger partial charge in [-0.15, -0.1) is 0 Å². The fourth-order valence-electron chi connectivity index (χ4n) is 3.84. The molecule has 2 aromatic carbocycles. The van der Waals surface area contributed by atoms with Crippen LogP contribution in [0.15, 0.2) is 48.5 Å². The quantitative estimate of drug-likeness (QED) is 0.850. The molecule has 148 valence electrons. The van der Waals surface area contributed by atoms with E-state index in [0.717, 1.165) is 30.4 Å². The second kappa shape index (κ2) is 9.00. The van der Waals surface area contributed by atoms with Crippen molar-refractivity contribution in [2.75, 3.05) is 6.54 Å². The van der Waals surface area contributed by atoms with Crippen molar-refractivity contribution in [2.45, 2.75) is 45.7 Å². The van der Waals surface area contributed by atoms with E-state index >= 15 is 0 Å². The van der Waals surface area contributed by atoms with Gasteiger partial charge in [-0.3, -0.25) is 9.59 Å². The summed E-state index contributed by atoms with van der Waals surface area (Å²) >= 11 is 0. The van der Waals surface area contributed by atoms with E-state index in [1.54, 1.807) is 24.0 Å². The molecule has 2 amide bonds. The number of rotatable bonds is 5. The molecule has 28 heavy (non-hydrogen) atoms. The molecule has 2 aromatic rings. The van der Waals surface area contributed by atoms with Gasteiger partial charge in [0.05, 0.1) is 12.0 Å². The molecule has 0 radical (unpaired) electrons. The van der Waals surface area contributed by atoms with E-state index in [9.17, 15) is 14.0 Å². The van der Waals surface area contributed by atoms with Gasteiger partial charge in [0.1, 0.15) is 5.82 Å². The number of aryl methyl sites for hydroxylation is 1. The molecule has 4 nitrogen and oxygen atoms in total. The number of nitrogens with zero attached hydrogens (tertiary/aromatic N) is 1. The van der Waals surface area contributed by atoms with Crippen molar-refractivity contribution in [1.82, 2.24) is 10.2 Å². The van der Waals surface area contributed by atoms with Crippen LogP contribution in [0.4, 0.5) is 4.39 Å². The fraction of sp³-hybridized carbons (Fsp3) is 0.391. The van der Waals surface area contributed by atoms with Crippen molar-refractivity contribution in [2.24, 2.45) is 5.92 Å². The van der Waals surface area contributed by atoms with E-state index in [1.807, 2.05) is 0 Å². The van der Waals surface area contributed by atoms with Crippen molar-refractivity contribution >= 4 is 11.8 Å². The zero-order chi connectivity index (χ0) is 20.1. The number of piperidine rings is 1. The smallest absolute Gasteiger partial charge is 0.225 e. The van der Waals surface area contributed by atoms with Crippen molar-refractivity contribution in [3.05, 3.63) is 71.0 Å². The molecular weight excluding hydrogens is 355 g/mol. The summed E-state index contributed by atoms with van der Waals surface area (Å²) in [7, 11) is 0.